The van der Waals surface area contributed by atoms with Gasteiger partial charge in [-0.15, -0.1) is 0 Å². The molecule has 4 aliphatic heterocycles. The number of nitrogens with two attached hydrogens (primary N) is 2. The molecule has 6 aliphatic rings. The van der Waals surface area contributed by atoms with E-state index in [1.54, 1.807) is 0 Å². The third kappa shape index (κ3) is 2.54. The molecule has 2 spiro atoms. The van der Waals surface area contributed by atoms with Gasteiger partial charge in [0.05, 0.1) is 5.92 Å². The lowest BCUT2D eigenvalue weighted by atomic mass is 9.51. The van der Waals surface area contributed by atoms with Crippen LogP contribution in [0.15, 0.2) is 0 Å². The van der Waals surface area contributed by atoms with Crippen molar-refractivity contribution in [2.45, 2.75) is 102 Å². The highest BCUT2D eigenvalue weighted by Gasteiger charge is 3.05. The Balaban J connectivity index is 1.70. The minimum atomic E-state index is -2.41. The first-order chi connectivity index (χ1) is 18.4. The average Bonchev–Trinajstić information content (AvgIpc) is 3.56. The monoisotopic (exact) mass is 566 g/mol. The van der Waals surface area contributed by atoms with Gasteiger partial charge in [0.15, 0.2) is 17.8 Å². The molecule has 4 saturated heterocycles. The number of rotatable bonds is 4. The fourth-order valence-electron chi connectivity index (χ4n) is 8.81. The van der Waals surface area contributed by atoms with Crippen molar-refractivity contribution < 1.29 is 57.5 Å². The lowest BCUT2D eigenvalue weighted by molar-refractivity contribution is -0.240. The second kappa shape index (κ2) is 7.72. The van der Waals surface area contributed by atoms with Crippen LogP contribution in [0, 0.1) is 28.1 Å². The Labute approximate surface area is 229 Å². The maximum atomic E-state index is 14.0. The van der Waals surface area contributed by atoms with Crippen LogP contribution in [0.25, 0.3) is 0 Å². The van der Waals surface area contributed by atoms with Crippen LogP contribution in [0.4, 0.5) is 0 Å². The van der Waals surface area contributed by atoms with Crippen LogP contribution in [-0.4, -0.2) is 88.9 Å². The van der Waals surface area contributed by atoms with Crippen LogP contribution in [0.1, 0.15) is 48.0 Å². The van der Waals surface area contributed by atoms with Gasteiger partial charge in [-0.25, -0.2) is 9.59 Å². The van der Waals surface area contributed by atoms with Gasteiger partial charge in [0.25, 0.3) is 0 Å². The van der Waals surface area contributed by atoms with E-state index < -0.39 is 112 Å². The first-order valence-corrected chi connectivity index (χ1v) is 13.4. The SMILES string of the molecule is CC(N)C(=O)O[C@H]1C(=O)OC2OC34C(=O)OC5CC(C(C)(C)C)C21C53[C@@H](OC(=O)C(C)N)C1OC(=O)[C@@H](C)[C@@]14O. The van der Waals surface area contributed by atoms with Gasteiger partial charge >= 0.3 is 29.8 Å². The number of aliphatic hydroxyl groups is 1. The van der Waals surface area contributed by atoms with Gasteiger partial charge in [0, 0.05) is 0 Å². The van der Waals surface area contributed by atoms with Gasteiger partial charge in [0.1, 0.15) is 29.0 Å². The summed E-state index contributed by atoms with van der Waals surface area (Å²) < 4.78 is 35.3. The van der Waals surface area contributed by atoms with E-state index in [-0.39, 0.29) is 6.42 Å². The fraction of sp³-hybridized carbons (Fsp3) is 0.808. The van der Waals surface area contributed by atoms with Crippen LogP contribution in [0.2, 0.25) is 0 Å². The van der Waals surface area contributed by atoms with E-state index in [0.717, 1.165) is 0 Å². The molecule has 13 atom stereocenters. The summed E-state index contributed by atoms with van der Waals surface area (Å²) in [7, 11) is 0. The maximum Gasteiger partial charge on any atom is 0.350 e. The van der Waals surface area contributed by atoms with Crippen LogP contribution in [0.5, 0.6) is 0 Å². The molecule has 2 aliphatic carbocycles. The molecule has 0 amide bonds. The van der Waals surface area contributed by atoms with E-state index in [1.807, 2.05) is 20.8 Å². The second-order valence-electron chi connectivity index (χ2n) is 13.1. The van der Waals surface area contributed by atoms with Crippen LogP contribution >= 0.6 is 0 Å². The van der Waals surface area contributed by atoms with E-state index in [1.165, 1.54) is 20.8 Å². The summed E-state index contributed by atoms with van der Waals surface area (Å²) in [6.45, 7) is 9.76. The molecular formula is C26H34N2O12. The van der Waals surface area contributed by atoms with E-state index >= 15 is 0 Å². The van der Waals surface area contributed by atoms with Gasteiger partial charge in [-0.3, -0.25) is 14.4 Å². The molecule has 14 heteroatoms. The van der Waals surface area contributed by atoms with E-state index in [2.05, 4.69) is 0 Å². The molecule has 40 heavy (non-hydrogen) atoms. The minimum Gasteiger partial charge on any atom is -0.459 e. The third-order valence-corrected chi connectivity index (χ3v) is 10.2. The standard InChI is InChI=1S/C26H34N2O12/c1-8-16(29)37-14-13(36-17(30)9(2)27)24-12-7-11(22(4,5)6)23(24)15(38-18(31)10(3)28)19(32)39-21(23)40-26(24,20(33)35-12)25(8,14)34/h8-15,21,34H,7,27-28H2,1-6H3/t8-,9?,10?,11?,12?,13+,14?,15+,21?,23?,24?,25-,26?/m1/s1. The molecule has 0 aromatic carbocycles. The van der Waals surface area contributed by atoms with E-state index in [0.29, 0.717) is 0 Å². The number of carbonyl (C=O) groups excluding carboxylic acids is 5. The molecule has 14 nitrogen and oxygen atoms in total. The largest absolute Gasteiger partial charge is 0.459 e. The Bertz CT molecular complexity index is 1240. The predicted molar refractivity (Wildman–Crippen MR) is 127 cm³/mol. The van der Waals surface area contributed by atoms with E-state index in [4.69, 9.17) is 39.9 Å². The lowest BCUT2D eigenvalue weighted by Gasteiger charge is -2.48. The second-order valence-corrected chi connectivity index (χ2v) is 13.1. The zero-order valence-electron chi connectivity index (χ0n) is 23.0. The van der Waals surface area contributed by atoms with Crippen molar-refractivity contribution in [1.29, 1.82) is 0 Å². The fourth-order valence-corrected chi connectivity index (χ4v) is 8.81. The molecule has 6 rings (SSSR count). The number of carbonyl (C=O) groups is 5. The van der Waals surface area contributed by atoms with Gasteiger partial charge in [0.2, 0.25) is 18.0 Å². The zero-order valence-corrected chi connectivity index (χ0v) is 23.0. The Morgan fingerprint density at radius 1 is 1.00 bits per heavy atom. The van der Waals surface area contributed by atoms with Gasteiger partial charge < -0.3 is 45.0 Å². The van der Waals surface area contributed by atoms with Crippen molar-refractivity contribution >= 4 is 29.8 Å². The molecule has 0 bridgehead atoms. The first-order valence-electron chi connectivity index (χ1n) is 13.4. The normalized spacial score (nSPS) is 49.3. The van der Waals surface area contributed by atoms with Crippen molar-refractivity contribution in [2.24, 2.45) is 39.5 Å². The molecule has 9 unspecified atom stereocenters. The third-order valence-electron chi connectivity index (χ3n) is 10.2. The summed E-state index contributed by atoms with van der Waals surface area (Å²) in [5.41, 5.74) is 2.51. The molecule has 0 radical (unpaired) electrons. The van der Waals surface area contributed by atoms with Crippen molar-refractivity contribution in [3.63, 3.8) is 0 Å². The summed E-state index contributed by atoms with van der Waals surface area (Å²) >= 11 is 0. The molecule has 0 aromatic heterocycles. The summed E-state index contributed by atoms with van der Waals surface area (Å²) in [5, 5.41) is 12.5. The minimum absolute atomic E-state index is 0.108. The quantitative estimate of drug-likeness (QED) is 0.259. The molecule has 0 aromatic rings. The van der Waals surface area contributed by atoms with Crippen molar-refractivity contribution in [3.8, 4) is 0 Å². The topological polar surface area (TPSA) is 213 Å². The highest BCUT2D eigenvalue weighted by atomic mass is 16.8. The molecule has 220 valence electrons. The molecule has 5 N–H and O–H groups in total. The Hall–Kier alpha value is -2.81. The predicted octanol–water partition coefficient (Wildman–Crippen LogP) is -1.57. The molecule has 4 heterocycles. The highest BCUT2D eigenvalue weighted by molar-refractivity contribution is 5.95. The highest BCUT2D eigenvalue weighted by Crippen LogP contribution is 2.85. The Kier molecular flexibility index (Phi) is 5.28. The molecular weight excluding hydrogens is 532 g/mol. The first kappa shape index (κ1) is 27.4. The number of hydrogen-bond donors (Lipinski definition) is 3. The summed E-state index contributed by atoms with van der Waals surface area (Å²) in [4.78, 5) is 66.4. The zero-order chi connectivity index (χ0) is 29.5. The number of ether oxygens (including phenoxy) is 6. The van der Waals surface area contributed by atoms with Crippen molar-refractivity contribution in [2.75, 3.05) is 0 Å². The summed E-state index contributed by atoms with van der Waals surface area (Å²) in [5.74, 6) is -6.66. The molecule has 2 saturated carbocycles. The van der Waals surface area contributed by atoms with Gasteiger partial charge in [-0.1, -0.05) is 20.8 Å². The average molecular weight is 567 g/mol. The van der Waals surface area contributed by atoms with Crippen molar-refractivity contribution in [3.05, 3.63) is 0 Å². The lowest BCUT2D eigenvalue weighted by Crippen LogP contribution is -2.67. The Morgan fingerprint density at radius 3 is 2.17 bits per heavy atom. The number of esters is 5. The van der Waals surface area contributed by atoms with Crippen LogP contribution < -0.4 is 11.5 Å². The number of fused-ring (bicyclic) bond motifs is 1. The summed E-state index contributed by atoms with van der Waals surface area (Å²) in [6, 6.07) is -2.27. The van der Waals surface area contributed by atoms with Gasteiger partial charge in [-0.05, 0) is 38.5 Å². The van der Waals surface area contributed by atoms with E-state index in [9.17, 15) is 29.1 Å². The maximum absolute atomic E-state index is 14.0. The van der Waals surface area contributed by atoms with Crippen molar-refractivity contribution in [1.82, 2.24) is 0 Å². The molecule has 6 fully saturated rings. The van der Waals surface area contributed by atoms with Crippen LogP contribution in [-0.2, 0) is 52.4 Å². The number of hydrogen-bond acceptors (Lipinski definition) is 14. The smallest absolute Gasteiger partial charge is 0.350 e. The Morgan fingerprint density at radius 2 is 1.60 bits per heavy atom. The summed E-state index contributed by atoms with van der Waals surface area (Å²) in [6.07, 6.45) is -7.43. The van der Waals surface area contributed by atoms with Gasteiger partial charge in [-0.2, -0.15) is 0 Å². The van der Waals surface area contributed by atoms with Crippen LogP contribution in [0.3, 0.4) is 0 Å².